The third kappa shape index (κ3) is 2.88. The van der Waals surface area contributed by atoms with Gasteiger partial charge in [-0.15, -0.1) is 6.58 Å². The fourth-order valence-corrected chi connectivity index (χ4v) is 1.73. The summed E-state index contributed by atoms with van der Waals surface area (Å²) >= 11 is 0. The number of benzene rings is 1. The van der Waals surface area contributed by atoms with Crippen molar-refractivity contribution in [2.45, 2.75) is 12.5 Å². The molecule has 0 aliphatic heterocycles. The van der Waals surface area contributed by atoms with E-state index >= 15 is 0 Å². The van der Waals surface area contributed by atoms with Crippen molar-refractivity contribution < 1.29 is 9.21 Å². The Balaban J connectivity index is 2.10. The molecule has 0 saturated carbocycles. The zero-order chi connectivity index (χ0) is 12.8. The lowest BCUT2D eigenvalue weighted by Crippen LogP contribution is -2.27. The van der Waals surface area contributed by atoms with Crippen molar-refractivity contribution in [3.8, 4) is 0 Å². The van der Waals surface area contributed by atoms with Gasteiger partial charge >= 0.3 is 0 Å². The first-order chi connectivity index (χ1) is 8.81. The quantitative estimate of drug-likeness (QED) is 0.816. The Morgan fingerprint density at radius 1 is 1.28 bits per heavy atom. The van der Waals surface area contributed by atoms with Crippen molar-refractivity contribution in [1.82, 2.24) is 5.32 Å². The number of hydrogen-bond donors (Lipinski definition) is 1. The first kappa shape index (κ1) is 12.2. The second-order valence-electron chi connectivity index (χ2n) is 3.93. The third-order valence-corrected chi connectivity index (χ3v) is 2.63. The van der Waals surface area contributed by atoms with Crippen LogP contribution in [0.5, 0.6) is 0 Å². The van der Waals surface area contributed by atoms with Gasteiger partial charge in [0, 0.05) is 5.56 Å². The van der Waals surface area contributed by atoms with Crippen LogP contribution >= 0.6 is 0 Å². The van der Waals surface area contributed by atoms with E-state index in [0.717, 1.165) is 5.76 Å². The average Bonchev–Trinajstić information content (AvgIpc) is 2.93. The summed E-state index contributed by atoms with van der Waals surface area (Å²) in [4.78, 5) is 12.0. The van der Waals surface area contributed by atoms with Crippen molar-refractivity contribution >= 4 is 5.91 Å². The maximum Gasteiger partial charge on any atom is 0.251 e. The molecule has 0 bridgehead atoms. The lowest BCUT2D eigenvalue weighted by Gasteiger charge is -2.14. The van der Waals surface area contributed by atoms with E-state index in [-0.39, 0.29) is 11.9 Å². The number of amides is 1. The van der Waals surface area contributed by atoms with Crippen LogP contribution in [0, 0.1) is 0 Å². The van der Waals surface area contributed by atoms with Crippen LogP contribution in [0.1, 0.15) is 28.6 Å². The van der Waals surface area contributed by atoms with Gasteiger partial charge in [-0.2, -0.15) is 0 Å². The fraction of sp³-hybridized carbons (Fsp3) is 0.133. The maximum atomic E-state index is 12.0. The number of rotatable bonds is 5. The summed E-state index contributed by atoms with van der Waals surface area (Å²) in [6, 6.07) is 12.6. The number of carbonyl (C=O) groups is 1. The smallest absolute Gasteiger partial charge is 0.251 e. The fourth-order valence-electron chi connectivity index (χ4n) is 1.73. The van der Waals surface area contributed by atoms with Gasteiger partial charge in [0.15, 0.2) is 0 Å². The van der Waals surface area contributed by atoms with Crippen LogP contribution in [-0.4, -0.2) is 5.91 Å². The molecule has 0 aliphatic rings. The number of carbonyl (C=O) groups excluding carboxylic acids is 1. The predicted octanol–water partition coefficient (Wildman–Crippen LogP) is 3.33. The molecule has 3 heteroatoms. The molecule has 18 heavy (non-hydrogen) atoms. The lowest BCUT2D eigenvalue weighted by atomic mass is 10.1. The SMILES string of the molecule is C=CC[C@@H](NC(=O)c1ccccc1)c1ccco1. The Morgan fingerprint density at radius 2 is 2.06 bits per heavy atom. The summed E-state index contributed by atoms with van der Waals surface area (Å²) < 4.78 is 5.32. The minimum absolute atomic E-state index is 0.112. The highest BCUT2D eigenvalue weighted by Gasteiger charge is 2.16. The van der Waals surface area contributed by atoms with Gasteiger partial charge in [-0.3, -0.25) is 4.79 Å². The van der Waals surface area contributed by atoms with E-state index in [0.29, 0.717) is 12.0 Å². The summed E-state index contributed by atoms with van der Waals surface area (Å²) in [5.74, 6) is 0.623. The maximum absolute atomic E-state index is 12.0. The molecule has 1 aromatic heterocycles. The molecule has 0 unspecified atom stereocenters. The van der Waals surface area contributed by atoms with E-state index in [1.165, 1.54) is 0 Å². The van der Waals surface area contributed by atoms with Crippen molar-refractivity contribution in [3.63, 3.8) is 0 Å². The molecule has 2 rings (SSSR count). The van der Waals surface area contributed by atoms with Crippen LogP contribution in [0.25, 0.3) is 0 Å². The highest BCUT2D eigenvalue weighted by molar-refractivity contribution is 5.94. The molecule has 0 fully saturated rings. The second-order valence-corrected chi connectivity index (χ2v) is 3.93. The molecule has 3 nitrogen and oxygen atoms in total. The number of furan rings is 1. The molecule has 1 atom stereocenters. The summed E-state index contributed by atoms with van der Waals surface area (Å²) in [7, 11) is 0. The largest absolute Gasteiger partial charge is 0.467 e. The first-order valence-electron chi connectivity index (χ1n) is 5.81. The molecule has 1 N–H and O–H groups in total. The highest BCUT2D eigenvalue weighted by Crippen LogP contribution is 2.18. The van der Waals surface area contributed by atoms with Crippen molar-refractivity contribution in [2.75, 3.05) is 0 Å². The summed E-state index contributed by atoms with van der Waals surface area (Å²) in [5, 5.41) is 2.93. The van der Waals surface area contributed by atoms with E-state index in [1.54, 1.807) is 30.5 Å². The molecule has 0 spiro atoms. The minimum atomic E-state index is -0.176. The van der Waals surface area contributed by atoms with Gasteiger partial charge in [0.2, 0.25) is 0 Å². The molecule has 2 aromatic rings. The Hall–Kier alpha value is -2.29. The molecular weight excluding hydrogens is 226 g/mol. The van der Waals surface area contributed by atoms with E-state index in [9.17, 15) is 4.79 Å². The summed E-state index contributed by atoms with van der Waals surface area (Å²) in [6.07, 6.45) is 3.99. The van der Waals surface area contributed by atoms with Gasteiger partial charge < -0.3 is 9.73 Å². The topological polar surface area (TPSA) is 42.2 Å². The lowest BCUT2D eigenvalue weighted by molar-refractivity contribution is 0.0932. The summed E-state index contributed by atoms with van der Waals surface area (Å²) in [5.41, 5.74) is 0.637. The molecule has 1 aromatic carbocycles. The first-order valence-corrected chi connectivity index (χ1v) is 5.81. The van der Waals surface area contributed by atoms with Gasteiger partial charge in [0.1, 0.15) is 5.76 Å². The van der Waals surface area contributed by atoms with Gasteiger partial charge in [-0.1, -0.05) is 24.3 Å². The molecule has 0 radical (unpaired) electrons. The van der Waals surface area contributed by atoms with Gasteiger partial charge in [-0.25, -0.2) is 0 Å². The van der Waals surface area contributed by atoms with Crippen LogP contribution in [0.4, 0.5) is 0 Å². The van der Waals surface area contributed by atoms with Crippen LogP contribution in [-0.2, 0) is 0 Å². The number of nitrogens with one attached hydrogen (secondary N) is 1. The second kappa shape index (κ2) is 5.87. The van der Waals surface area contributed by atoms with Crippen molar-refractivity contribution in [3.05, 3.63) is 72.7 Å². The molecule has 0 aliphatic carbocycles. The van der Waals surface area contributed by atoms with Crippen LogP contribution in [0.2, 0.25) is 0 Å². The third-order valence-electron chi connectivity index (χ3n) is 2.63. The monoisotopic (exact) mass is 241 g/mol. The molecular formula is C15H15NO2. The Kier molecular flexibility index (Phi) is 3.97. The molecule has 1 heterocycles. The Bertz CT molecular complexity index is 503. The number of hydrogen-bond acceptors (Lipinski definition) is 2. The highest BCUT2D eigenvalue weighted by atomic mass is 16.3. The van der Waals surface area contributed by atoms with Crippen LogP contribution < -0.4 is 5.32 Å². The van der Waals surface area contributed by atoms with Crippen LogP contribution in [0.3, 0.4) is 0 Å². The zero-order valence-corrected chi connectivity index (χ0v) is 10.0. The van der Waals surface area contributed by atoms with Gasteiger partial charge in [0.25, 0.3) is 5.91 Å². The zero-order valence-electron chi connectivity index (χ0n) is 10.0. The minimum Gasteiger partial charge on any atom is -0.467 e. The van der Waals surface area contributed by atoms with Crippen molar-refractivity contribution in [2.24, 2.45) is 0 Å². The molecule has 1 amide bonds. The van der Waals surface area contributed by atoms with Crippen molar-refractivity contribution in [1.29, 1.82) is 0 Å². The normalized spacial score (nSPS) is 11.8. The van der Waals surface area contributed by atoms with E-state index in [2.05, 4.69) is 11.9 Å². The Morgan fingerprint density at radius 3 is 2.67 bits per heavy atom. The van der Waals surface area contributed by atoms with E-state index in [4.69, 9.17) is 4.42 Å². The molecule has 0 saturated heterocycles. The van der Waals surface area contributed by atoms with Gasteiger partial charge in [0.05, 0.1) is 12.3 Å². The van der Waals surface area contributed by atoms with E-state index in [1.807, 2.05) is 24.3 Å². The Labute approximate surface area is 106 Å². The standard InChI is InChI=1S/C15H15NO2/c1-2-7-13(14-10-6-11-18-14)16-15(17)12-8-4-3-5-9-12/h2-6,8-11,13H,1,7H2,(H,16,17)/t13-/m1/s1. The van der Waals surface area contributed by atoms with Crippen LogP contribution in [0.15, 0.2) is 65.8 Å². The summed E-state index contributed by atoms with van der Waals surface area (Å²) in [6.45, 7) is 3.70. The van der Waals surface area contributed by atoms with Gasteiger partial charge in [-0.05, 0) is 30.7 Å². The average molecular weight is 241 g/mol. The molecule has 92 valence electrons. The predicted molar refractivity (Wildman–Crippen MR) is 70.2 cm³/mol. The van der Waals surface area contributed by atoms with E-state index < -0.39 is 0 Å².